The fourth-order valence-corrected chi connectivity index (χ4v) is 3.24. The molecule has 1 aromatic heterocycles. The summed E-state index contributed by atoms with van der Waals surface area (Å²) in [4.78, 5) is 23.7. The van der Waals surface area contributed by atoms with Crippen molar-refractivity contribution in [1.29, 1.82) is 0 Å². The van der Waals surface area contributed by atoms with Gasteiger partial charge in [-0.05, 0) is 29.1 Å². The normalized spacial score (nSPS) is 12.0. The molecule has 1 amide bonds. The van der Waals surface area contributed by atoms with E-state index in [1.807, 2.05) is 65.4 Å². The molecule has 5 nitrogen and oxygen atoms in total. The minimum absolute atomic E-state index is 0.217. The van der Waals surface area contributed by atoms with Gasteiger partial charge in [0.2, 0.25) is 5.91 Å². The van der Waals surface area contributed by atoms with Crippen molar-refractivity contribution in [1.82, 2.24) is 9.88 Å². The third kappa shape index (κ3) is 4.52. The number of benzene rings is 2. The van der Waals surface area contributed by atoms with Crippen LogP contribution in [0, 0.1) is 0 Å². The molecule has 2 aromatic carbocycles. The average molecular weight is 415 g/mol. The number of carboxylic acid groups (broad SMARTS) is 1. The van der Waals surface area contributed by atoms with Crippen LogP contribution in [0.2, 0.25) is 0 Å². The predicted octanol–water partition coefficient (Wildman–Crippen LogP) is 3.61. The van der Waals surface area contributed by atoms with Crippen molar-refractivity contribution >= 4 is 38.7 Å². The van der Waals surface area contributed by atoms with Crippen molar-refractivity contribution in [2.75, 3.05) is 0 Å². The van der Waals surface area contributed by atoms with Gasteiger partial charge in [-0.3, -0.25) is 4.79 Å². The van der Waals surface area contributed by atoms with Gasteiger partial charge in [0.05, 0.1) is 0 Å². The van der Waals surface area contributed by atoms with Crippen LogP contribution in [0.1, 0.15) is 12.0 Å². The molecule has 6 heteroatoms. The summed E-state index contributed by atoms with van der Waals surface area (Å²) < 4.78 is 2.97. The monoisotopic (exact) mass is 414 g/mol. The number of nitrogens with one attached hydrogen (secondary N) is 1. The minimum Gasteiger partial charge on any atom is -0.480 e. The summed E-state index contributed by atoms with van der Waals surface area (Å²) in [6.45, 7) is 0.490. The lowest BCUT2D eigenvalue weighted by molar-refractivity contribution is -0.141. The second kappa shape index (κ2) is 8.19. The number of fused-ring (bicyclic) bond motifs is 1. The number of aromatic nitrogens is 1. The standard InChI is InChI=1S/C20H19BrN2O3/c21-16-7-6-15-8-10-23(18(15)13-16)11-9-19(24)22-17(20(25)26)12-14-4-2-1-3-5-14/h1-8,10,13,17H,9,11-12H2,(H,22,24)(H,25,26)/t17-/m1/s1. The molecule has 0 spiro atoms. The zero-order valence-electron chi connectivity index (χ0n) is 14.1. The SMILES string of the molecule is O=C(CCn1ccc2ccc(Br)cc21)N[C@H](Cc1ccccc1)C(=O)O. The first-order chi connectivity index (χ1) is 12.5. The first-order valence-corrected chi connectivity index (χ1v) is 9.13. The zero-order chi connectivity index (χ0) is 18.5. The van der Waals surface area contributed by atoms with Gasteiger partial charge in [0.1, 0.15) is 6.04 Å². The number of aryl methyl sites for hydroxylation is 1. The van der Waals surface area contributed by atoms with E-state index in [1.165, 1.54) is 0 Å². The summed E-state index contributed by atoms with van der Waals surface area (Å²) in [7, 11) is 0. The number of amides is 1. The van der Waals surface area contributed by atoms with Gasteiger partial charge in [-0.15, -0.1) is 0 Å². The van der Waals surface area contributed by atoms with E-state index in [1.54, 1.807) is 0 Å². The van der Waals surface area contributed by atoms with Crippen LogP contribution >= 0.6 is 15.9 Å². The number of aliphatic carboxylic acids is 1. The predicted molar refractivity (Wildman–Crippen MR) is 104 cm³/mol. The van der Waals surface area contributed by atoms with Crippen LogP contribution in [-0.4, -0.2) is 27.6 Å². The Morgan fingerprint density at radius 2 is 1.88 bits per heavy atom. The molecule has 0 saturated heterocycles. The Labute approximate surface area is 159 Å². The maximum Gasteiger partial charge on any atom is 0.326 e. The molecular weight excluding hydrogens is 396 g/mol. The molecule has 2 N–H and O–H groups in total. The Balaban J connectivity index is 1.61. The van der Waals surface area contributed by atoms with Crippen LogP contribution in [0.5, 0.6) is 0 Å². The van der Waals surface area contributed by atoms with Gasteiger partial charge < -0.3 is 15.0 Å². The Morgan fingerprint density at radius 1 is 1.12 bits per heavy atom. The molecule has 0 aliphatic heterocycles. The van der Waals surface area contributed by atoms with Gasteiger partial charge in [-0.1, -0.05) is 52.3 Å². The number of carboxylic acids is 1. The Morgan fingerprint density at radius 3 is 2.62 bits per heavy atom. The van der Waals surface area contributed by atoms with E-state index in [9.17, 15) is 14.7 Å². The van der Waals surface area contributed by atoms with Gasteiger partial charge in [-0.2, -0.15) is 0 Å². The quantitative estimate of drug-likeness (QED) is 0.620. The second-order valence-electron chi connectivity index (χ2n) is 6.11. The molecule has 0 bridgehead atoms. The van der Waals surface area contributed by atoms with Gasteiger partial charge in [0, 0.05) is 35.6 Å². The lowest BCUT2D eigenvalue weighted by Gasteiger charge is -2.15. The van der Waals surface area contributed by atoms with Crippen LogP contribution < -0.4 is 5.32 Å². The molecule has 1 atom stereocenters. The summed E-state index contributed by atoms with van der Waals surface area (Å²) in [5.74, 6) is -1.30. The van der Waals surface area contributed by atoms with Crippen molar-refractivity contribution in [2.24, 2.45) is 0 Å². The summed E-state index contributed by atoms with van der Waals surface area (Å²) in [5, 5.41) is 13.1. The van der Waals surface area contributed by atoms with Crippen molar-refractivity contribution in [2.45, 2.75) is 25.4 Å². The highest BCUT2D eigenvalue weighted by Crippen LogP contribution is 2.21. The van der Waals surface area contributed by atoms with E-state index in [4.69, 9.17) is 0 Å². The smallest absolute Gasteiger partial charge is 0.326 e. The van der Waals surface area contributed by atoms with E-state index in [-0.39, 0.29) is 18.7 Å². The first kappa shape index (κ1) is 18.2. The zero-order valence-corrected chi connectivity index (χ0v) is 15.6. The maximum absolute atomic E-state index is 12.2. The number of carbonyl (C=O) groups excluding carboxylic acids is 1. The van der Waals surface area contributed by atoms with E-state index in [2.05, 4.69) is 21.2 Å². The molecule has 0 fully saturated rings. The molecule has 0 aliphatic carbocycles. The number of nitrogens with zero attached hydrogens (tertiary/aromatic N) is 1. The van der Waals surface area contributed by atoms with Crippen LogP contribution in [0.25, 0.3) is 10.9 Å². The fraction of sp³-hybridized carbons (Fsp3) is 0.200. The lowest BCUT2D eigenvalue weighted by atomic mass is 10.1. The molecule has 0 radical (unpaired) electrons. The number of rotatable bonds is 7. The Hall–Kier alpha value is -2.60. The molecule has 0 unspecified atom stereocenters. The molecule has 0 aliphatic rings. The van der Waals surface area contributed by atoms with Gasteiger partial charge in [0.15, 0.2) is 0 Å². The van der Waals surface area contributed by atoms with Gasteiger partial charge in [0.25, 0.3) is 0 Å². The van der Waals surface area contributed by atoms with Crippen LogP contribution in [0.3, 0.4) is 0 Å². The minimum atomic E-state index is -1.03. The first-order valence-electron chi connectivity index (χ1n) is 8.33. The Kier molecular flexibility index (Phi) is 5.73. The summed E-state index contributed by atoms with van der Waals surface area (Å²) in [6.07, 6.45) is 2.42. The maximum atomic E-state index is 12.2. The topological polar surface area (TPSA) is 71.3 Å². The van der Waals surface area contributed by atoms with Crippen molar-refractivity contribution in [3.63, 3.8) is 0 Å². The van der Waals surface area contributed by atoms with E-state index in [0.29, 0.717) is 6.54 Å². The third-order valence-corrected chi connectivity index (χ3v) is 4.72. The molecule has 1 heterocycles. The molecule has 3 aromatic rings. The lowest BCUT2D eigenvalue weighted by Crippen LogP contribution is -2.42. The largest absolute Gasteiger partial charge is 0.480 e. The summed E-state index contributed by atoms with van der Waals surface area (Å²) >= 11 is 3.45. The van der Waals surface area contributed by atoms with E-state index >= 15 is 0 Å². The average Bonchev–Trinajstić information content (AvgIpc) is 3.02. The number of hydrogen-bond acceptors (Lipinski definition) is 2. The molecule has 26 heavy (non-hydrogen) atoms. The fourth-order valence-electron chi connectivity index (χ4n) is 2.89. The van der Waals surface area contributed by atoms with Crippen molar-refractivity contribution in [3.05, 3.63) is 70.8 Å². The second-order valence-corrected chi connectivity index (χ2v) is 7.03. The van der Waals surface area contributed by atoms with Crippen LogP contribution in [0.15, 0.2) is 65.3 Å². The highest BCUT2D eigenvalue weighted by Gasteiger charge is 2.20. The summed E-state index contributed by atoms with van der Waals surface area (Å²) in [6, 6.07) is 16.3. The van der Waals surface area contributed by atoms with Crippen LogP contribution in [0.4, 0.5) is 0 Å². The number of halogens is 1. The van der Waals surface area contributed by atoms with Crippen molar-refractivity contribution < 1.29 is 14.7 Å². The van der Waals surface area contributed by atoms with E-state index in [0.717, 1.165) is 20.9 Å². The molecule has 0 saturated carbocycles. The van der Waals surface area contributed by atoms with Crippen molar-refractivity contribution in [3.8, 4) is 0 Å². The number of carbonyl (C=O) groups is 2. The molecule has 134 valence electrons. The highest BCUT2D eigenvalue weighted by atomic mass is 79.9. The molecular formula is C20H19BrN2O3. The Bertz CT molecular complexity index is 921. The molecule has 3 rings (SSSR count). The van der Waals surface area contributed by atoms with Gasteiger partial charge in [-0.25, -0.2) is 4.79 Å². The van der Waals surface area contributed by atoms with E-state index < -0.39 is 12.0 Å². The highest BCUT2D eigenvalue weighted by molar-refractivity contribution is 9.10. The van der Waals surface area contributed by atoms with Crippen LogP contribution in [-0.2, 0) is 22.6 Å². The third-order valence-electron chi connectivity index (χ3n) is 4.23. The summed E-state index contributed by atoms with van der Waals surface area (Å²) in [5.41, 5.74) is 1.91. The number of hydrogen-bond donors (Lipinski definition) is 2. The van der Waals surface area contributed by atoms with Gasteiger partial charge >= 0.3 is 5.97 Å².